The monoisotopic (exact) mass is 228 g/mol. The average Bonchev–Trinajstić information content (AvgIpc) is 2.25. The van der Waals surface area contributed by atoms with Gasteiger partial charge < -0.3 is 10.2 Å². The first-order chi connectivity index (χ1) is 7.52. The molecular weight excluding hydrogens is 200 g/mol. The van der Waals surface area contributed by atoms with E-state index in [0.29, 0.717) is 12.5 Å². The van der Waals surface area contributed by atoms with Crippen molar-refractivity contribution >= 4 is 5.91 Å². The smallest absolute Gasteiger partial charge is 0.222 e. The Morgan fingerprint density at radius 1 is 1.25 bits per heavy atom. The molecule has 0 heterocycles. The van der Waals surface area contributed by atoms with E-state index in [9.17, 15) is 4.79 Å². The van der Waals surface area contributed by atoms with Gasteiger partial charge in [0.15, 0.2) is 0 Å². The van der Waals surface area contributed by atoms with Crippen LogP contribution in [0.3, 0.4) is 0 Å². The number of carbonyl (C=O) groups excluding carboxylic acids is 1. The second-order valence-corrected chi connectivity index (χ2v) is 4.71. The zero-order valence-electron chi connectivity index (χ0n) is 11.5. The Hall–Kier alpha value is -0.570. The molecule has 0 bridgehead atoms. The summed E-state index contributed by atoms with van der Waals surface area (Å²) >= 11 is 0. The lowest BCUT2D eigenvalue weighted by Crippen LogP contribution is -2.34. The highest BCUT2D eigenvalue weighted by molar-refractivity contribution is 5.75. The van der Waals surface area contributed by atoms with Crippen LogP contribution >= 0.6 is 0 Å². The average molecular weight is 228 g/mol. The number of hydrogen-bond donors (Lipinski definition) is 1. The fourth-order valence-electron chi connectivity index (χ4n) is 1.96. The van der Waals surface area contributed by atoms with Crippen molar-refractivity contribution in [3.05, 3.63) is 0 Å². The predicted molar refractivity (Wildman–Crippen MR) is 69.5 cm³/mol. The van der Waals surface area contributed by atoms with E-state index in [1.165, 1.54) is 12.8 Å². The number of amides is 1. The standard InChI is InChI=1S/C13H28N2O/c1-6-12(7-2)11(3)14-10-8-9-13(16)15(4)5/h11-12,14H,6-10H2,1-5H3. The number of carbonyl (C=O) groups is 1. The maximum absolute atomic E-state index is 11.3. The molecule has 0 aliphatic rings. The summed E-state index contributed by atoms with van der Waals surface area (Å²) < 4.78 is 0. The maximum Gasteiger partial charge on any atom is 0.222 e. The number of nitrogens with zero attached hydrogens (tertiary/aromatic N) is 1. The minimum absolute atomic E-state index is 0.219. The van der Waals surface area contributed by atoms with Gasteiger partial charge in [-0.3, -0.25) is 4.79 Å². The normalized spacial score (nSPS) is 12.9. The molecule has 0 aromatic carbocycles. The van der Waals surface area contributed by atoms with Gasteiger partial charge in [-0.05, 0) is 25.8 Å². The van der Waals surface area contributed by atoms with Gasteiger partial charge in [-0.25, -0.2) is 0 Å². The molecule has 0 aromatic heterocycles. The van der Waals surface area contributed by atoms with E-state index < -0.39 is 0 Å². The van der Waals surface area contributed by atoms with Crippen LogP contribution in [0.25, 0.3) is 0 Å². The van der Waals surface area contributed by atoms with Gasteiger partial charge in [-0.15, -0.1) is 0 Å². The Labute approximate surface area is 101 Å². The molecule has 96 valence electrons. The molecule has 1 amide bonds. The highest BCUT2D eigenvalue weighted by atomic mass is 16.2. The van der Waals surface area contributed by atoms with Crippen LogP contribution in [0.1, 0.15) is 46.5 Å². The maximum atomic E-state index is 11.3. The van der Waals surface area contributed by atoms with Crippen LogP contribution < -0.4 is 5.32 Å². The van der Waals surface area contributed by atoms with Crippen molar-refractivity contribution in [3.8, 4) is 0 Å². The van der Waals surface area contributed by atoms with Crippen molar-refractivity contribution in [1.82, 2.24) is 10.2 Å². The van der Waals surface area contributed by atoms with E-state index >= 15 is 0 Å². The highest BCUT2D eigenvalue weighted by Gasteiger charge is 2.12. The summed E-state index contributed by atoms with van der Waals surface area (Å²) in [5.41, 5.74) is 0. The van der Waals surface area contributed by atoms with Crippen molar-refractivity contribution in [3.63, 3.8) is 0 Å². The van der Waals surface area contributed by atoms with Gasteiger partial charge in [0, 0.05) is 26.6 Å². The van der Waals surface area contributed by atoms with Crippen LogP contribution in [0.4, 0.5) is 0 Å². The fourth-order valence-corrected chi connectivity index (χ4v) is 1.96. The van der Waals surface area contributed by atoms with Gasteiger partial charge >= 0.3 is 0 Å². The Morgan fingerprint density at radius 3 is 2.25 bits per heavy atom. The van der Waals surface area contributed by atoms with E-state index in [1.54, 1.807) is 4.90 Å². The summed E-state index contributed by atoms with van der Waals surface area (Å²) in [5.74, 6) is 0.974. The van der Waals surface area contributed by atoms with Crippen LogP contribution in [0.5, 0.6) is 0 Å². The summed E-state index contributed by atoms with van der Waals surface area (Å²) in [5, 5.41) is 3.51. The topological polar surface area (TPSA) is 32.3 Å². The molecule has 0 spiro atoms. The molecule has 0 aromatic rings. The quantitative estimate of drug-likeness (QED) is 0.646. The van der Waals surface area contributed by atoms with Gasteiger partial charge in [-0.1, -0.05) is 26.7 Å². The van der Waals surface area contributed by atoms with Crippen LogP contribution in [-0.4, -0.2) is 37.5 Å². The highest BCUT2D eigenvalue weighted by Crippen LogP contribution is 2.12. The molecule has 16 heavy (non-hydrogen) atoms. The number of hydrogen-bond acceptors (Lipinski definition) is 2. The lowest BCUT2D eigenvalue weighted by atomic mass is 9.95. The molecule has 0 saturated heterocycles. The van der Waals surface area contributed by atoms with E-state index in [1.807, 2.05) is 14.1 Å². The van der Waals surface area contributed by atoms with Gasteiger partial charge in [0.05, 0.1) is 0 Å². The third kappa shape index (κ3) is 6.11. The third-order valence-electron chi connectivity index (χ3n) is 3.29. The van der Waals surface area contributed by atoms with Crippen molar-refractivity contribution in [2.75, 3.05) is 20.6 Å². The summed E-state index contributed by atoms with van der Waals surface area (Å²) in [7, 11) is 3.62. The van der Waals surface area contributed by atoms with E-state index in [2.05, 4.69) is 26.1 Å². The Balaban J connectivity index is 3.62. The van der Waals surface area contributed by atoms with Gasteiger partial charge in [0.2, 0.25) is 5.91 Å². The first kappa shape index (κ1) is 15.4. The Kier molecular flexibility index (Phi) is 8.26. The zero-order chi connectivity index (χ0) is 12.6. The SMILES string of the molecule is CCC(CC)C(C)NCCCC(=O)N(C)C. The summed E-state index contributed by atoms with van der Waals surface area (Å²) in [4.78, 5) is 13.0. The summed E-state index contributed by atoms with van der Waals surface area (Å²) in [6.07, 6.45) is 4.03. The molecule has 1 N–H and O–H groups in total. The number of nitrogens with one attached hydrogen (secondary N) is 1. The second kappa shape index (κ2) is 8.57. The van der Waals surface area contributed by atoms with Crippen molar-refractivity contribution in [2.45, 2.75) is 52.5 Å². The van der Waals surface area contributed by atoms with Gasteiger partial charge in [0.25, 0.3) is 0 Å². The van der Waals surface area contributed by atoms with Crippen LogP contribution in [0, 0.1) is 5.92 Å². The molecule has 3 nitrogen and oxygen atoms in total. The van der Waals surface area contributed by atoms with Gasteiger partial charge in [-0.2, -0.15) is 0 Å². The van der Waals surface area contributed by atoms with Crippen LogP contribution in [-0.2, 0) is 4.79 Å². The minimum Gasteiger partial charge on any atom is -0.349 e. The Morgan fingerprint density at radius 2 is 1.81 bits per heavy atom. The molecule has 3 heteroatoms. The van der Waals surface area contributed by atoms with Crippen molar-refractivity contribution < 1.29 is 4.79 Å². The first-order valence-electron chi connectivity index (χ1n) is 6.46. The van der Waals surface area contributed by atoms with E-state index in [-0.39, 0.29) is 5.91 Å². The molecule has 0 aliphatic carbocycles. The van der Waals surface area contributed by atoms with Gasteiger partial charge in [0.1, 0.15) is 0 Å². The van der Waals surface area contributed by atoms with Crippen LogP contribution in [0.15, 0.2) is 0 Å². The molecule has 0 fully saturated rings. The fraction of sp³-hybridized carbons (Fsp3) is 0.923. The molecule has 1 unspecified atom stereocenters. The lowest BCUT2D eigenvalue weighted by molar-refractivity contribution is -0.128. The molecule has 0 saturated carbocycles. The molecule has 0 aliphatic heterocycles. The van der Waals surface area contributed by atoms with Crippen LogP contribution in [0.2, 0.25) is 0 Å². The van der Waals surface area contributed by atoms with E-state index in [0.717, 1.165) is 18.9 Å². The molecule has 0 rings (SSSR count). The molecule has 1 atom stereocenters. The molecular formula is C13H28N2O. The summed E-state index contributed by atoms with van der Waals surface area (Å²) in [6.45, 7) is 7.66. The van der Waals surface area contributed by atoms with E-state index in [4.69, 9.17) is 0 Å². The zero-order valence-corrected chi connectivity index (χ0v) is 11.5. The summed E-state index contributed by atoms with van der Waals surface area (Å²) in [6, 6.07) is 0.560. The minimum atomic E-state index is 0.219. The first-order valence-corrected chi connectivity index (χ1v) is 6.46. The second-order valence-electron chi connectivity index (χ2n) is 4.71. The molecule has 0 radical (unpaired) electrons. The largest absolute Gasteiger partial charge is 0.349 e. The van der Waals surface area contributed by atoms with Crippen molar-refractivity contribution in [2.24, 2.45) is 5.92 Å². The Bertz CT molecular complexity index is 188. The predicted octanol–water partition coefficient (Wildman–Crippen LogP) is 2.27. The van der Waals surface area contributed by atoms with Crippen molar-refractivity contribution in [1.29, 1.82) is 0 Å². The lowest BCUT2D eigenvalue weighted by Gasteiger charge is -2.22. The number of rotatable bonds is 8. The third-order valence-corrected chi connectivity index (χ3v) is 3.29.